The molecular formula is C18H15N3O2. The third kappa shape index (κ3) is 2.61. The number of rotatable bonds is 2. The van der Waals surface area contributed by atoms with Gasteiger partial charge in [-0.05, 0) is 18.2 Å². The number of nitrogens with one attached hydrogen (secondary N) is 1. The third-order valence-corrected chi connectivity index (χ3v) is 3.95. The first-order valence-corrected chi connectivity index (χ1v) is 7.55. The van der Waals surface area contributed by atoms with Crippen LogP contribution in [0.1, 0.15) is 28.5 Å². The lowest BCUT2D eigenvalue weighted by atomic mass is 10.0. The number of fused-ring (bicyclic) bond motifs is 2. The fourth-order valence-electron chi connectivity index (χ4n) is 2.79. The number of nitrogens with zero attached hydrogens (tertiary/aromatic N) is 2. The van der Waals surface area contributed by atoms with Gasteiger partial charge >= 0.3 is 0 Å². The van der Waals surface area contributed by atoms with E-state index in [2.05, 4.69) is 15.3 Å². The van der Waals surface area contributed by atoms with Crippen molar-refractivity contribution >= 4 is 16.9 Å². The van der Waals surface area contributed by atoms with Crippen LogP contribution in [0.25, 0.3) is 11.0 Å². The van der Waals surface area contributed by atoms with Crippen LogP contribution in [-0.4, -0.2) is 22.5 Å². The summed E-state index contributed by atoms with van der Waals surface area (Å²) in [6.07, 6.45) is 2.26. The zero-order chi connectivity index (χ0) is 15.6. The van der Waals surface area contributed by atoms with Gasteiger partial charge in [0.2, 0.25) is 0 Å². The summed E-state index contributed by atoms with van der Waals surface area (Å²) >= 11 is 0. The van der Waals surface area contributed by atoms with Gasteiger partial charge < -0.3 is 10.1 Å². The quantitative estimate of drug-likeness (QED) is 0.790. The maximum atomic E-state index is 12.5. The number of carbonyl (C=O) groups is 1. The molecule has 1 N–H and O–H groups in total. The molecule has 0 saturated carbocycles. The van der Waals surface area contributed by atoms with Crippen molar-refractivity contribution in [1.29, 1.82) is 0 Å². The number of para-hydroxylation sites is 3. The molecule has 1 aliphatic rings. The number of ether oxygens (including phenoxy) is 1. The molecule has 0 saturated heterocycles. The minimum absolute atomic E-state index is 0.0688. The van der Waals surface area contributed by atoms with Crippen molar-refractivity contribution in [2.24, 2.45) is 0 Å². The Hall–Kier alpha value is -2.95. The average Bonchev–Trinajstić information content (AvgIpc) is 2.61. The molecule has 2 heterocycles. The van der Waals surface area contributed by atoms with Gasteiger partial charge in [0.15, 0.2) is 0 Å². The molecule has 0 spiro atoms. The lowest BCUT2D eigenvalue weighted by molar-refractivity contribution is 0.0919. The van der Waals surface area contributed by atoms with E-state index >= 15 is 0 Å². The van der Waals surface area contributed by atoms with Crippen LogP contribution in [0.15, 0.2) is 54.7 Å². The minimum atomic E-state index is -0.218. The van der Waals surface area contributed by atoms with Crippen molar-refractivity contribution in [2.75, 3.05) is 6.61 Å². The first-order chi connectivity index (χ1) is 11.3. The van der Waals surface area contributed by atoms with Gasteiger partial charge in [0.05, 0.1) is 29.9 Å². The molecule has 2 aromatic carbocycles. The van der Waals surface area contributed by atoms with E-state index < -0.39 is 0 Å². The maximum absolute atomic E-state index is 12.5. The molecule has 0 aliphatic carbocycles. The Kier molecular flexibility index (Phi) is 3.38. The molecule has 1 aliphatic heterocycles. The second-order valence-corrected chi connectivity index (χ2v) is 5.44. The summed E-state index contributed by atoms with van der Waals surface area (Å²) < 4.78 is 5.62. The Morgan fingerprint density at radius 1 is 1.09 bits per heavy atom. The summed E-state index contributed by atoms with van der Waals surface area (Å²) in [4.78, 5) is 21.2. The van der Waals surface area contributed by atoms with Gasteiger partial charge in [-0.25, -0.2) is 4.98 Å². The summed E-state index contributed by atoms with van der Waals surface area (Å²) in [5.41, 5.74) is 2.82. The molecule has 1 amide bonds. The highest BCUT2D eigenvalue weighted by Gasteiger charge is 2.23. The van der Waals surface area contributed by atoms with Crippen LogP contribution in [0.3, 0.4) is 0 Å². The fourth-order valence-corrected chi connectivity index (χ4v) is 2.79. The molecule has 114 valence electrons. The Labute approximate surface area is 133 Å². The van der Waals surface area contributed by atoms with Crippen LogP contribution < -0.4 is 10.1 Å². The van der Waals surface area contributed by atoms with E-state index in [0.717, 1.165) is 23.3 Å². The molecule has 0 unspecified atom stereocenters. The van der Waals surface area contributed by atoms with Crippen molar-refractivity contribution in [3.8, 4) is 5.75 Å². The van der Waals surface area contributed by atoms with Crippen molar-refractivity contribution in [1.82, 2.24) is 15.3 Å². The number of hydrogen-bond donors (Lipinski definition) is 1. The Bertz CT molecular complexity index is 879. The van der Waals surface area contributed by atoms with E-state index in [1.807, 2.05) is 48.5 Å². The van der Waals surface area contributed by atoms with E-state index in [4.69, 9.17) is 4.74 Å². The molecule has 4 rings (SSSR count). The van der Waals surface area contributed by atoms with Gasteiger partial charge in [-0.1, -0.05) is 30.3 Å². The SMILES string of the molecule is O=C(N[C@@H]1CCOc2ccccc21)c1cnc2ccccc2n1. The maximum Gasteiger partial charge on any atom is 0.271 e. The Morgan fingerprint density at radius 2 is 1.87 bits per heavy atom. The lowest BCUT2D eigenvalue weighted by Crippen LogP contribution is -2.32. The monoisotopic (exact) mass is 305 g/mol. The van der Waals surface area contributed by atoms with E-state index in [1.165, 1.54) is 6.20 Å². The van der Waals surface area contributed by atoms with Gasteiger partial charge in [-0.2, -0.15) is 0 Å². The van der Waals surface area contributed by atoms with Crippen LogP contribution >= 0.6 is 0 Å². The van der Waals surface area contributed by atoms with Crippen LogP contribution in [0.2, 0.25) is 0 Å². The highest BCUT2D eigenvalue weighted by Crippen LogP contribution is 2.31. The summed E-state index contributed by atoms with van der Waals surface area (Å²) in [7, 11) is 0. The molecule has 1 atom stereocenters. The van der Waals surface area contributed by atoms with Gasteiger partial charge in [0.25, 0.3) is 5.91 Å². The number of hydrogen-bond acceptors (Lipinski definition) is 4. The molecule has 3 aromatic rings. The van der Waals surface area contributed by atoms with Gasteiger partial charge in [-0.3, -0.25) is 9.78 Å². The van der Waals surface area contributed by atoms with Crippen LogP contribution in [0.4, 0.5) is 0 Å². The average molecular weight is 305 g/mol. The topological polar surface area (TPSA) is 64.1 Å². The predicted molar refractivity (Wildman–Crippen MR) is 86.3 cm³/mol. The minimum Gasteiger partial charge on any atom is -0.493 e. The van der Waals surface area contributed by atoms with Crippen LogP contribution in [-0.2, 0) is 0 Å². The van der Waals surface area contributed by atoms with E-state index in [0.29, 0.717) is 17.8 Å². The first-order valence-electron chi connectivity index (χ1n) is 7.55. The first kappa shape index (κ1) is 13.7. The summed E-state index contributed by atoms with van der Waals surface area (Å²) in [5.74, 6) is 0.610. The van der Waals surface area contributed by atoms with Crippen molar-refractivity contribution < 1.29 is 9.53 Å². The second-order valence-electron chi connectivity index (χ2n) is 5.44. The highest BCUT2D eigenvalue weighted by molar-refractivity contribution is 5.94. The van der Waals surface area contributed by atoms with E-state index in [-0.39, 0.29) is 11.9 Å². The largest absolute Gasteiger partial charge is 0.493 e. The normalized spacial score (nSPS) is 16.4. The molecule has 0 bridgehead atoms. The van der Waals surface area contributed by atoms with Gasteiger partial charge in [-0.15, -0.1) is 0 Å². The highest BCUT2D eigenvalue weighted by atomic mass is 16.5. The van der Waals surface area contributed by atoms with Crippen molar-refractivity contribution in [3.63, 3.8) is 0 Å². The van der Waals surface area contributed by atoms with E-state index in [9.17, 15) is 4.79 Å². The molecule has 5 heteroatoms. The standard InChI is InChI=1S/C18H15N3O2/c22-18(16-11-19-14-6-2-3-7-15(14)20-16)21-13-9-10-23-17-8-4-1-5-12(13)17/h1-8,11,13H,9-10H2,(H,21,22)/t13-/m1/s1. The second kappa shape index (κ2) is 5.68. The lowest BCUT2D eigenvalue weighted by Gasteiger charge is -2.26. The molecule has 5 nitrogen and oxygen atoms in total. The zero-order valence-electron chi connectivity index (χ0n) is 12.4. The molecule has 0 fully saturated rings. The predicted octanol–water partition coefficient (Wildman–Crippen LogP) is 2.88. The smallest absolute Gasteiger partial charge is 0.271 e. The Balaban J connectivity index is 1.60. The Morgan fingerprint density at radius 3 is 2.78 bits per heavy atom. The zero-order valence-corrected chi connectivity index (χ0v) is 12.4. The van der Waals surface area contributed by atoms with Crippen molar-refractivity contribution in [2.45, 2.75) is 12.5 Å². The number of aromatic nitrogens is 2. The number of benzene rings is 2. The summed E-state index contributed by atoms with van der Waals surface area (Å²) in [6, 6.07) is 15.2. The number of carbonyl (C=O) groups excluding carboxylic acids is 1. The molecule has 23 heavy (non-hydrogen) atoms. The molecular weight excluding hydrogens is 290 g/mol. The van der Waals surface area contributed by atoms with Gasteiger partial charge in [0.1, 0.15) is 11.4 Å². The number of amides is 1. The third-order valence-electron chi connectivity index (χ3n) is 3.95. The fraction of sp³-hybridized carbons (Fsp3) is 0.167. The van der Waals surface area contributed by atoms with E-state index in [1.54, 1.807) is 0 Å². The molecule has 1 aromatic heterocycles. The summed E-state index contributed by atoms with van der Waals surface area (Å²) in [6.45, 7) is 0.589. The van der Waals surface area contributed by atoms with Crippen LogP contribution in [0.5, 0.6) is 5.75 Å². The molecule has 0 radical (unpaired) electrons. The van der Waals surface area contributed by atoms with Gasteiger partial charge in [0, 0.05) is 12.0 Å². The van der Waals surface area contributed by atoms with Crippen molar-refractivity contribution in [3.05, 3.63) is 66.0 Å². The van der Waals surface area contributed by atoms with Crippen LogP contribution in [0, 0.1) is 0 Å². The summed E-state index contributed by atoms with van der Waals surface area (Å²) in [5, 5.41) is 3.03.